The summed E-state index contributed by atoms with van der Waals surface area (Å²) >= 11 is 3.28. The van der Waals surface area contributed by atoms with E-state index in [1.165, 1.54) is 21.1 Å². The third-order valence-corrected chi connectivity index (χ3v) is 4.07. The van der Waals surface area contributed by atoms with Crippen molar-refractivity contribution in [1.82, 2.24) is 0 Å². The van der Waals surface area contributed by atoms with Crippen LogP contribution >= 0.6 is 15.9 Å². The first kappa shape index (κ1) is 18.4. The van der Waals surface area contributed by atoms with Gasteiger partial charge in [0.15, 0.2) is 11.2 Å². The molecule has 0 atom stereocenters. The third kappa shape index (κ3) is 3.74. The maximum absolute atomic E-state index is 12.0. The normalized spacial score (nSPS) is 10.9. The molecule has 0 radical (unpaired) electrons. The summed E-state index contributed by atoms with van der Waals surface area (Å²) in [5, 5.41) is 0.763. The summed E-state index contributed by atoms with van der Waals surface area (Å²) < 4.78 is 9.42. The van der Waals surface area contributed by atoms with E-state index in [1.807, 2.05) is 0 Å². The van der Waals surface area contributed by atoms with E-state index in [1.54, 1.807) is 24.3 Å². The van der Waals surface area contributed by atoms with Gasteiger partial charge < -0.3 is 9.47 Å². The summed E-state index contributed by atoms with van der Waals surface area (Å²) in [6, 6.07) is 6.37. The van der Waals surface area contributed by atoms with Crippen LogP contribution < -0.4 is 0 Å². The lowest BCUT2D eigenvalue weighted by Gasteiger charge is -2.24. The number of halogens is 1. The first-order chi connectivity index (χ1) is 10.4. The smallest absolute Gasteiger partial charge is 0.327 e. The molecule has 0 aliphatic heterocycles. The number of carbonyl (C=O) groups is 3. The third-order valence-electron chi connectivity index (χ3n) is 3.51. The number of methoxy groups -OCH3 is 2. The zero-order chi connectivity index (χ0) is 16.8. The number of ketones is 1. The molecule has 1 aromatic carbocycles. The largest absolute Gasteiger partial charge is 0.468 e. The van der Waals surface area contributed by atoms with Crippen molar-refractivity contribution in [3.05, 3.63) is 35.4 Å². The molecule has 0 bridgehead atoms. The summed E-state index contributed by atoms with van der Waals surface area (Å²) in [5.74, 6) is -1.40. The van der Waals surface area contributed by atoms with Crippen LogP contribution in [0.3, 0.4) is 0 Å². The zero-order valence-corrected chi connectivity index (χ0v) is 14.4. The second-order valence-corrected chi connectivity index (χ2v) is 5.69. The topological polar surface area (TPSA) is 69.7 Å². The van der Waals surface area contributed by atoms with Crippen LogP contribution in [0.2, 0.25) is 0 Å². The predicted octanol–water partition coefficient (Wildman–Crippen LogP) is 2.65. The van der Waals surface area contributed by atoms with E-state index < -0.39 is 17.4 Å². The fraction of sp³-hybridized carbons (Fsp3) is 0.438. The number of rotatable bonds is 7. The van der Waals surface area contributed by atoms with E-state index in [4.69, 9.17) is 9.47 Å². The van der Waals surface area contributed by atoms with Gasteiger partial charge in [-0.05, 0) is 18.9 Å². The Morgan fingerprint density at radius 1 is 1.05 bits per heavy atom. The van der Waals surface area contributed by atoms with Crippen molar-refractivity contribution in [2.24, 2.45) is 0 Å². The van der Waals surface area contributed by atoms with Crippen molar-refractivity contribution in [3.8, 4) is 0 Å². The van der Waals surface area contributed by atoms with E-state index in [0.717, 1.165) is 11.8 Å². The Hall–Kier alpha value is -1.69. The zero-order valence-electron chi connectivity index (χ0n) is 12.8. The minimum absolute atomic E-state index is 0.0174. The highest BCUT2D eigenvalue weighted by atomic mass is 79.9. The molecule has 1 rings (SSSR count). The highest BCUT2D eigenvalue weighted by molar-refractivity contribution is 9.09. The minimum Gasteiger partial charge on any atom is -0.468 e. The summed E-state index contributed by atoms with van der Waals surface area (Å²) in [4.78, 5) is 35.9. The van der Waals surface area contributed by atoms with Crippen molar-refractivity contribution < 1.29 is 23.9 Å². The van der Waals surface area contributed by atoms with Crippen LogP contribution in [-0.2, 0) is 24.5 Å². The van der Waals surface area contributed by atoms with Gasteiger partial charge in [0, 0.05) is 17.3 Å². The molecule has 1 aromatic rings. The lowest BCUT2D eigenvalue weighted by atomic mass is 9.82. The number of ether oxygens (including phenoxy) is 2. The van der Waals surface area contributed by atoms with Crippen LogP contribution in [0.15, 0.2) is 24.3 Å². The van der Waals surface area contributed by atoms with Crippen molar-refractivity contribution >= 4 is 33.7 Å². The molecule has 0 spiro atoms. The van der Waals surface area contributed by atoms with Crippen LogP contribution in [0.5, 0.6) is 0 Å². The molecule has 6 heteroatoms. The Kier molecular flexibility index (Phi) is 6.74. The fourth-order valence-corrected chi connectivity index (χ4v) is 2.37. The quantitative estimate of drug-likeness (QED) is 0.319. The van der Waals surface area contributed by atoms with Gasteiger partial charge in [-0.2, -0.15) is 0 Å². The molecule has 0 aliphatic carbocycles. The van der Waals surface area contributed by atoms with Crippen molar-refractivity contribution in [2.75, 3.05) is 19.5 Å². The average molecular weight is 371 g/mol. The number of alkyl halides is 1. The number of Topliss-reactive ketones (excluding diaryl/α,β-unsaturated/α-hetero) is 1. The van der Waals surface area contributed by atoms with Crippen molar-refractivity contribution in [2.45, 2.75) is 25.2 Å². The maximum atomic E-state index is 12.0. The highest BCUT2D eigenvalue weighted by Crippen LogP contribution is 2.27. The summed E-state index contributed by atoms with van der Waals surface area (Å²) in [5.41, 5.74) is -0.592. The van der Waals surface area contributed by atoms with Crippen LogP contribution in [0.4, 0.5) is 0 Å². The summed E-state index contributed by atoms with van der Waals surface area (Å²) in [6.45, 7) is 1.44. The SMILES string of the molecule is COC(=O)C(C)(C(=O)OC)c1ccc(C(=O)CCCBr)cc1. The van der Waals surface area contributed by atoms with Gasteiger partial charge in [0.05, 0.1) is 14.2 Å². The standard InChI is InChI=1S/C16H19BrO5/c1-16(14(19)21-2,15(20)22-3)12-8-6-11(7-9-12)13(18)5-4-10-17/h6-9H,4-5,10H2,1-3H3. The second kappa shape index (κ2) is 8.08. The average Bonchev–Trinajstić information content (AvgIpc) is 2.57. The van der Waals surface area contributed by atoms with Gasteiger partial charge in [0.1, 0.15) is 0 Å². The predicted molar refractivity (Wildman–Crippen MR) is 85.2 cm³/mol. The van der Waals surface area contributed by atoms with E-state index in [0.29, 0.717) is 17.5 Å². The number of esters is 2. The van der Waals surface area contributed by atoms with Gasteiger partial charge in [-0.3, -0.25) is 14.4 Å². The Labute approximate surface area is 138 Å². The van der Waals surface area contributed by atoms with E-state index in [9.17, 15) is 14.4 Å². The number of hydrogen-bond donors (Lipinski definition) is 0. The van der Waals surface area contributed by atoms with E-state index in [-0.39, 0.29) is 5.78 Å². The van der Waals surface area contributed by atoms with Crippen LogP contribution in [0.1, 0.15) is 35.7 Å². The first-order valence-electron chi connectivity index (χ1n) is 6.78. The van der Waals surface area contributed by atoms with Crippen LogP contribution in [0.25, 0.3) is 0 Å². The summed E-state index contributed by atoms with van der Waals surface area (Å²) in [6.07, 6.45) is 1.19. The molecule has 0 N–H and O–H groups in total. The molecular formula is C16H19BrO5. The first-order valence-corrected chi connectivity index (χ1v) is 7.90. The van der Waals surface area contributed by atoms with Gasteiger partial charge in [-0.15, -0.1) is 0 Å². The minimum atomic E-state index is -1.55. The molecule has 0 aromatic heterocycles. The Balaban J connectivity index is 3.11. The van der Waals surface area contributed by atoms with Gasteiger partial charge in [-0.1, -0.05) is 40.2 Å². The Morgan fingerprint density at radius 2 is 1.55 bits per heavy atom. The van der Waals surface area contributed by atoms with E-state index in [2.05, 4.69) is 15.9 Å². The second-order valence-electron chi connectivity index (χ2n) is 4.90. The monoisotopic (exact) mass is 370 g/mol. The molecule has 0 unspecified atom stereocenters. The lowest BCUT2D eigenvalue weighted by Crippen LogP contribution is -2.42. The molecule has 22 heavy (non-hydrogen) atoms. The van der Waals surface area contributed by atoms with Crippen LogP contribution in [-0.4, -0.2) is 37.3 Å². The van der Waals surface area contributed by atoms with Crippen LogP contribution in [0, 0.1) is 0 Å². The Bertz CT molecular complexity index is 534. The molecule has 0 saturated heterocycles. The van der Waals surface area contributed by atoms with Crippen molar-refractivity contribution in [1.29, 1.82) is 0 Å². The van der Waals surface area contributed by atoms with E-state index >= 15 is 0 Å². The number of benzene rings is 1. The molecule has 120 valence electrons. The number of hydrogen-bond acceptors (Lipinski definition) is 5. The molecule has 0 amide bonds. The molecular weight excluding hydrogens is 352 g/mol. The number of carbonyl (C=O) groups excluding carboxylic acids is 3. The molecule has 0 fully saturated rings. The van der Waals surface area contributed by atoms with Gasteiger partial charge in [-0.25, -0.2) is 0 Å². The molecule has 0 aliphatic rings. The fourth-order valence-electron chi connectivity index (χ4n) is 2.09. The summed E-state index contributed by atoms with van der Waals surface area (Å²) in [7, 11) is 2.42. The van der Waals surface area contributed by atoms with Gasteiger partial charge in [0.2, 0.25) is 0 Å². The highest BCUT2D eigenvalue weighted by Gasteiger charge is 2.45. The van der Waals surface area contributed by atoms with Crippen molar-refractivity contribution in [3.63, 3.8) is 0 Å². The molecule has 5 nitrogen and oxygen atoms in total. The van der Waals surface area contributed by atoms with Gasteiger partial charge in [0.25, 0.3) is 0 Å². The molecule has 0 saturated carbocycles. The lowest BCUT2D eigenvalue weighted by molar-refractivity contribution is -0.160. The van der Waals surface area contributed by atoms with Gasteiger partial charge >= 0.3 is 11.9 Å². The Morgan fingerprint density at radius 3 is 1.95 bits per heavy atom. The maximum Gasteiger partial charge on any atom is 0.327 e. The molecule has 0 heterocycles.